The van der Waals surface area contributed by atoms with E-state index >= 15 is 0 Å². The number of β-lactam (4-membered cyclic amide) rings is 1. The quantitative estimate of drug-likeness (QED) is 0.333. The molecule has 4 aliphatic heterocycles. The number of likely N-dealkylation sites (tertiary alicyclic amines) is 1. The van der Waals surface area contributed by atoms with E-state index in [4.69, 9.17) is 9.47 Å². The Morgan fingerprint density at radius 3 is 2.58 bits per heavy atom. The molecule has 1 amide bonds. The lowest BCUT2D eigenvalue weighted by molar-refractivity contribution is -0.175. The lowest BCUT2D eigenvalue weighted by Gasteiger charge is -2.46. The highest BCUT2D eigenvalue weighted by Gasteiger charge is 2.60. The first kappa shape index (κ1) is 24.4. The molecule has 0 aromatic rings. The summed E-state index contributed by atoms with van der Waals surface area (Å²) in [6.45, 7) is 10.7. The first-order valence-electron chi connectivity index (χ1n) is 11.2. The summed E-state index contributed by atoms with van der Waals surface area (Å²) in [5, 5.41) is 11.5. The summed E-state index contributed by atoms with van der Waals surface area (Å²) in [7, 11) is 0. The van der Waals surface area contributed by atoms with Crippen molar-refractivity contribution in [2.24, 2.45) is 22.2 Å². The van der Waals surface area contributed by atoms with E-state index in [0.717, 1.165) is 35.5 Å². The lowest BCUT2D eigenvalue weighted by Crippen LogP contribution is -2.63. The van der Waals surface area contributed by atoms with Crippen molar-refractivity contribution >= 4 is 46.5 Å². The number of amides is 1. The van der Waals surface area contributed by atoms with Gasteiger partial charge in [-0.25, -0.2) is 4.79 Å². The Morgan fingerprint density at radius 2 is 2.00 bits per heavy atom. The van der Waals surface area contributed by atoms with Crippen LogP contribution in [0.15, 0.2) is 15.6 Å². The molecule has 1 N–H and O–H groups in total. The third-order valence-corrected chi connectivity index (χ3v) is 8.76. The van der Waals surface area contributed by atoms with Crippen molar-refractivity contribution in [3.63, 3.8) is 0 Å². The third kappa shape index (κ3) is 4.51. The van der Waals surface area contributed by atoms with Crippen molar-refractivity contribution in [2.75, 3.05) is 32.2 Å². The number of nitrogens with zero attached hydrogens (tertiary/aromatic N) is 3. The summed E-state index contributed by atoms with van der Waals surface area (Å²) in [6, 6.07) is -0.273. The van der Waals surface area contributed by atoms with Crippen LogP contribution in [0.3, 0.4) is 0 Å². The van der Waals surface area contributed by atoms with E-state index in [-0.39, 0.29) is 28.8 Å². The second-order valence-corrected chi connectivity index (χ2v) is 12.3. The van der Waals surface area contributed by atoms with Gasteiger partial charge in [0.25, 0.3) is 0 Å². The number of fused-ring (bicyclic) bond motifs is 1. The minimum absolute atomic E-state index is 0.0979. The zero-order valence-electron chi connectivity index (χ0n) is 19.6. The average molecular weight is 498 g/mol. The molecule has 2 unspecified atom stereocenters. The maximum absolute atomic E-state index is 13.0. The highest BCUT2D eigenvalue weighted by Crippen LogP contribution is 2.52. The molecule has 0 aliphatic carbocycles. The second-order valence-electron chi connectivity index (χ2n) is 9.86. The summed E-state index contributed by atoms with van der Waals surface area (Å²) >= 11 is 3.36. The van der Waals surface area contributed by atoms with Gasteiger partial charge in [0.05, 0.1) is 30.0 Å². The maximum Gasteiger partial charge on any atom is 0.358 e. The minimum Gasteiger partial charge on any atom is -0.427 e. The van der Waals surface area contributed by atoms with E-state index in [0.29, 0.717) is 0 Å². The number of hydrogen-bond donors (Lipinski definition) is 1. The van der Waals surface area contributed by atoms with Crippen molar-refractivity contribution in [3.8, 4) is 0 Å². The van der Waals surface area contributed by atoms with Gasteiger partial charge < -0.3 is 24.4 Å². The van der Waals surface area contributed by atoms with Crippen molar-refractivity contribution < 1.29 is 29.0 Å². The van der Waals surface area contributed by atoms with Gasteiger partial charge in [-0.1, -0.05) is 18.7 Å². The number of aliphatic hydroxyl groups is 1. The minimum atomic E-state index is -0.799. The van der Waals surface area contributed by atoms with Crippen LogP contribution < -0.4 is 0 Å². The van der Waals surface area contributed by atoms with Gasteiger partial charge in [-0.05, 0) is 27.7 Å². The highest BCUT2D eigenvalue weighted by molar-refractivity contribution is 8.14. The molecular weight excluding hydrogens is 466 g/mol. The number of amidine groups is 1. The van der Waals surface area contributed by atoms with Gasteiger partial charge in [-0.3, -0.25) is 14.6 Å². The van der Waals surface area contributed by atoms with Crippen LogP contribution >= 0.6 is 23.5 Å². The van der Waals surface area contributed by atoms with Crippen molar-refractivity contribution in [3.05, 3.63) is 10.6 Å². The predicted octanol–water partition coefficient (Wildman–Crippen LogP) is 1.67. The zero-order valence-corrected chi connectivity index (χ0v) is 21.2. The normalized spacial score (nSPS) is 28.2. The lowest BCUT2D eigenvalue weighted by atomic mass is 9.79. The smallest absolute Gasteiger partial charge is 0.358 e. The predicted molar refractivity (Wildman–Crippen MR) is 126 cm³/mol. The largest absolute Gasteiger partial charge is 0.427 e. The van der Waals surface area contributed by atoms with E-state index in [2.05, 4.69) is 9.89 Å². The van der Waals surface area contributed by atoms with Gasteiger partial charge in [-0.15, -0.1) is 11.8 Å². The summed E-state index contributed by atoms with van der Waals surface area (Å²) in [6.07, 6.45) is -0.799. The van der Waals surface area contributed by atoms with Crippen molar-refractivity contribution in [2.45, 2.75) is 52.0 Å². The van der Waals surface area contributed by atoms with Crippen molar-refractivity contribution in [1.29, 1.82) is 0 Å². The van der Waals surface area contributed by atoms with E-state index in [1.807, 2.05) is 6.92 Å². The van der Waals surface area contributed by atoms with Crippen LogP contribution in [0, 0.1) is 17.3 Å². The van der Waals surface area contributed by atoms with Gasteiger partial charge >= 0.3 is 11.9 Å². The average Bonchev–Trinajstić information content (AvgIpc) is 3.29. The zero-order chi connectivity index (χ0) is 24.1. The Kier molecular flexibility index (Phi) is 6.76. The fourth-order valence-electron chi connectivity index (χ4n) is 4.45. The van der Waals surface area contributed by atoms with E-state index in [1.165, 1.54) is 4.90 Å². The SMILES string of the molecule is C[C@@H](O)C1C(=O)N2C(C(=O)OCOC(=O)C(C)(C)C)=C(SC3CN(C4=NCCS4)C3)[C@H](C)C12. The third-order valence-electron chi connectivity index (χ3n) is 6.28. The van der Waals surface area contributed by atoms with Crippen LogP contribution in [0.2, 0.25) is 0 Å². The van der Waals surface area contributed by atoms with Crippen LogP contribution in [-0.2, 0) is 23.9 Å². The first-order chi connectivity index (χ1) is 15.5. The Labute approximate surface area is 202 Å². The number of rotatable bonds is 6. The Morgan fingerprint density at radius 1 is 1.30 bits per heavy atom. The molecule has 33 heavy (non-hydrogen) atoms. The standard InChI is InChI=1S/C22H31N3O6S2/c1-11-15-14(12(2)26)18(27)25(15)16(19(28)30-10-31-20(29)22(3,4)5)17(11)33-13-8-24(9-13)21-23-6-7-32-21/h11-15,26H,6-10H2,1-5H3/t11-,12-,14?,15?/m1/s1. The molecular formula is C22H31N3O6S2. The molecule has 4 atom stereocenters. The number of aliphatic hydroxyl groups excluding tert-OH is 1. The van der Waals surface area contributed by atoms with Gasteiger partial charge in [0.15, 0.2) is 5.17 Å². The fourth-order valence-corrected chi connectivity index (χ4v) is 6.85. The molecule has 0 aromatic carbocycles. The first-order valence-corrected chi connectivity index (χ1v) is 13.1. The molecule has 4 rings (SSSR count). The molecule has 4 aliphatic rings. The number of ether oxygens (including phenoxy) is 2. The molecule has 2 saturated heterocycles. The monoisotopic (exact) mass is 497 g/mol. The van der Waals surface area contributed by atoms with Gasteiger partial charge in [0, 0.05) is 34.9 Å². The molecule has 0 aromatic heterocycles. The fraction of sp³-hybridized carbons (Fsp3) is 0.727. The van der Waals surface area contributed by atoms with Crippen LogP contribution in [-0.4, -0.2) is 87.5 Å². The highest BCUT2D eigenvalue weighted by atomic mass is 32.2. The molecule has 0 spiro atoms. The van der Waals surface area contributed by atoms with E-state index < -0.39 is 36.2 Å². The van der Waals surface area contributed by atoms with Gasteiger partial charge in [0.2, 0.25) is 12.7 Å². The van der Waals surface area contributed by atoms with Gasteiger partial charge in [-0.2, -0.15) is 0 Å². The van der Waals surface area contributed by atoms with Crippen LogP contribution in [0.1, 0.15) is 34.6 Å². The molecule has 2 fully saturated rings. The Hall–Kier alpha value is -1.72. The number of hydrogen-bond acceptors (Lipinski definition) is 10. The van der Waals surface area contributed by atoms with E-state index in [9.17, 15) is 19.5 Å². The number of esters is 2. The Bertz CT molecular complexity index is 906. The van der Waals surface area contributed by atoms with Crippen LogP contribution in [0.5, 0.6) is 0 Å². The van der Waals surface area contributed by atoms with Crippen LogP contribution in [0.4, 0.5) is 0 Å². The number of carbonyl (C=O) groups excluding carboxylic acids is 3. The number of thioether (sulfide) groups is 2. The molecule has 182 valence electrons. The second kappa shape index (κ2) is 9.14. The summed E-state index contributed by atoms with van der Waals surface area (Å²) in [4.78, 5) is 46.8. The molecule has 9 nitrogen and oxygen atoms in total. The molecule has 0 bridgehead atoms. The molecule has 0 saturated carbocycles. The molecule has 0 radical (unpaired) electrons. The molecule has 11 heteroatoms. The number of aliphatic imine (C=N–C) groups is 1. The van der Waals surface area contributed by atoms with E-state index in [1.54, 1.807) is 51.2 Å². The molecule has 4 heterocycles. The van der Waals surface area contributed by atoms with Gasteiger partial charge in [0.1, 0.15) is 5.70 Å². The maximum atomic E-state index is 13.0. The topological polar surface area (TPSA) is 109 Å². The summed E-state index contributed by atoms with van der Waals surface area (Å²) in [5.41, 5.74) is -0.493. The Balaban J connectivity index is 1.47. The van der Waals surface area contributed by atoms with Crippen molar-refractivity contribution in [1.82, 2.24) is 9.80 Å². The summed E-state index contributed by atoms with van der Waals surface area (Å²) in [5.74, 6) is -1.06. The summed E-state index contributed by atoms with van der Waals surface area (Å²) < 4.78 is 10.3. The number of carbonyl (C=O) groups is 3. The van der Waals surface area contributed by atoms with Crippen LogP contribution in [0.25, 0.3) is 0 Å².